The number of hydrogen-bond donors (Lipinski definition) is 5. The molecule has 4 fully saturated rings. The number of allylic oxidation sites excluding steroid dienone is 4. The van der Waals surface area contributed by atoms with Gasteiger partial charge in [0, 0.05) is 64.0 Å². The molecule has 1 heterocycles. The highest BCUT2D eigenvalue weighted by Crippen LogP contribution is 2.72. The van der Waals surface area contributed by atoms with E-state index in [1.54, 1.807) is 33.8 Å². The second-order valence-corrected chi connectivity index (χ2v) is 21.1. The first-order chi connectivity index (χ1) is 32.6. The molecule has 13 atom stereocenters. The number of thioether (sulfide) groups is 2. The Morgan fingerprint density at radius 2 is 1.70 bits per heavy atom. The van der Waals surface area contributed by atoms with Gasteiger partial charge in [0.05, 0.1) is 23.5 Å². The molecule has 1 unspecified atom stereocenters. The van der Waals surface area contributed by atoms with Gasteiger partial charge in [0.25, 0.3) is 0 Å². The largest absolute Gasteiger partial charge is 0.390 e. The molecule has 1 saturated heterocycles. The Balaban J connectivity index is 0.00000254. The van der Waals surface area contributed by atoms with Crippen LogP contribution in [-0.2, 0) is 53.6 Å². The Hall–Kier alpha value is -4.88. The minimum absolute atomic E-state index is 0.00793. The van der Waals surface area contributed by atoms with Crippen LogP contribution >= 0.6 is 23.5 Å². The van der Waals surface area contributed by atoms with Crippen LogP contribution in [0.25, 0.3) is 0 Å². The fraction of sp³-hybridized carbons (Fsp3) is 0.540. The number of fused-ring (bicyclic) bond motifs is 7. The lowest BCUT2D eigenvalue weighted by molar-refractivity contribution is -0.235. The molecule has 2 aromatic rings. The van der Waals surface area contributed by atoms with E-state index in [0.29, 0.717) is 17.0 Å². The van der Waals surface area contributed by atoms with Crippen LogP contribution in [0.5, 0.6) is 0 Å². The van der Waals surface area contributed by atoms with Crippen LogP contribution < -0.4 is 16.0 Å². The molecular weight excluding hydrogens is 937 g/mol. The third kappa shape index (κ3) is 10.2. The average Bonchev–Trinajstić information content (AvgIpc) is 3.82. The summed E-state index contributed by atoms with van der Waals surface area (Å²) in [5.41, 5.74) is -4.79. The molecule has 5 aliphatic rings. The summed E-state index contributed by atoms with van der Waals surface area (Å²) in [6.07, 6.45) is 0.147. The maximum atomic E-state index is 17.7. The standard InChI is InChI=1S/C49H59F2N3O10S2.CO2/c1-26(18-38(57)27(2)53-42(60)15-17-52-44(62)28(3)65-6)43(61)54-31-8-7-9-33(19-31)66-25-29-10-12-30(13-11-29)45-63-41-22-34-35-21-37(50)36-20-32(56)14-16-46(36,4)48(35,51)39(58)23-47(34,5)49(41,64-45)40(59)24-55;2-1-3/h7-14,16,19-20,26-28,34-35,37,39,41,45,55,58H,15,17-18,21-25H2,1-6H3,(H,52,62)(H,53,60)(H,54,61);/t26-,27+,28?,34+,35+,37+,39+,41-,45-,46+,47+,48+,49-;/m1./s1. The number of anilines is 1. The van der Waals surface area contributed by atoms with Crippen molar-refractivity contribution in [3.8, 4) is 0 Å². The van der Waals surface area contributed by atoms with Crippen molar-refractivity contribution in [1.29, 1.82) is 0 Å². The van der Waals surface area contributed by atoms with Gasteiger partial charge in [0.15, 0.2) is 34.9 Å². The number of Topliss-reactive ketones (excluding diaryl/α,β-unsaturated/α-hetero) is 2. The van der Waals surface area contributed by atoms with E-state index in [1.807, 2.05) is 48.7 Å². The molecule has 15 nitrogen and oxygen atoms in total. The van der Waals surface area contributed by atoms with Crippen LogP contribution in [0.3, 0.4) is 0 Å². The number of carbonyl (C=O) groups is 6. The van der Waals surface area contributed by atoms with Gasteiger partial charge in [-0.3, -0.25) is 28.8 Å². The van der Waals surface area contributed by atoms with Crippen LogP contribution in [-0.4, -0.2) is 112 Å². The molecule has 0 bridgehead atoms. The maximum Gasteiger partial charge on any atom is 0.373 e. The van der Waals surface area contributed by atoms with Gasteiger partial charge in [-0.05, 0) is 93.7 Å². The minimum atomic E-state index is -2.34. The molecule has 0 spiro atoms. The number of alkyl halides is 2. The smallest absolute Gasteiger partial charge is 0.373 e. The number of ketones is 3. The number of rotatable bonds is 17. The Morgan fingerprint density at radius 3 is 2.36 bits per heavy atom. The molecule has 3 amide bonds. The monoisotopic (exact) mass is 995 g/mol. The zero-order chi connectivity index (χ0) is 50.6. The van der Waals surface area contributed by atoms with Gasteiger partial charge in [-0.2, -0.15) is 21.4 Å². The van der Waals surface area contributed by atoms with Gasteiger partial charge in [-0.15, -0.1) is 11.8 Å². The number of hydrogen-bond acceptors (Lipinski definition) is 14. The predicted molar refractivity (Wildman–Crippen MR) is 251 cm³/mol. The second kappa shape index (κ2) is 21.6. The lowest BCUT2D eigenvalue weighted by Crippen LogP contribution is -2.70. The van der Waals surface area contributed by atoms with Crippen molar-refractivity contribution < 1.29 is 66.8 Å². The third-order valence-electron chi connectivity index (χ3n) is 14.9. The van der Waals surface area contributed by atoms with Crippen molar-refractivity contribution in [3.63, 3.8) is 0 Å². The highest BCUT2D eigenvalue weighted by atomic mass is 32.2. The SMILES string of the molecule is CSC(C)C(=O)NCCC(=O)N[C@@H](C)C(=O)C[C@@H](C)C(=O)Nc1cccc(SCc2ccc([C@@H]3O[C@@H]4C[C@H]5[C@@H]6C[C@H](F)C7=CC(=O)C=C[C@]7(C)[C@@]6(F)[C@@H](O)C[C@]5(C)[C@]4(C(=O)CO)O3)cc2)c1.O=C=O. The Morgan fingerprint density at radius 1 is 1.00 bits per heavy atom. The van der Waals surface area contributed by atoms with E-state index >= 15 is 8.78 Å². The number of nitrogens with one attached hydrogen (secondary N) is 3. The molecular formula is C50H59F2N3O12S2. The van der Waals surface area contributed by atoms with Gasteiger partial charge in [0.1, 0.15) is 12.8 Å². The quantitative estimate of drug-likeness (QED) is 0.126. The fourth-order valence-electron chi connectivity index (χ4n) is 11.1. The van der Waals surface area contributed by atoms with Gasteiger partial charge in [-0.1, -0.05) is 50.3 Å². The van der Waals surface area contributed by atoms with Crippen molar-refractivity contribution in [2.24, 2.45) is 28.6 Å². The summed E-state index contributed by atoms with van der Waals surface area (Å²) >= 11 is 2.92. The van der Waals surface area contributed by atoms with Crippen molar-refractivity contribution in [3.05, 3.63) is 83.5 Å². The molecule has 1 aliphatic heterocycles. The Kier molecular flexibility index (Phi) is 16.8. The van der Waals surface area contributed by atoms with E-state index in [1.165, 1.54) is 42.6 Å². The summed E-state index contributed by atoms with van der Waals surface area (Å²) < 4.78 is 46.8. The van der Waals surface area contributed by atoms with Gasteiger partial charge < -0.3 is 35.6 Å². The first-order valence-corrected chi connectivity index (χ1v) is 25.1. The summed E-state index contributed by atoms with van der Waals surface area (Å²) in [5.74, 6) is -4.10. The molecule has 0 aromatic heterocycles. The van der Waals surface area contributed by atoms with Gasteiger partial charge in [0.2, 0.25) is 17.7 Å². The van der Waals surface area contributed by atoms with E-state index < -0.39 is 88.7 Å². The van der Waals surface area contributed by atoms with Crippen molar-refractivity contribution in [2.75, 3.05) is 24.7 Å². The number of halogens is 2. The molecule has 0 radical (unpaired) electrons. The second-order valence-electron chi connectivity index (χ2n) is 18.9. The fourth-order valence-corrected chi connectivity index (χ4v) is 12.3. The number of carbonyl (C=O) groups excluding carboxylic acids is 8. The zero-order valence-electron chi connectivity index (χ0n) is 39.3. The topological polar surface area (TPSA) is 232 Å². The summed E-state index contributed by atoms with van der Waals surface area (Å²) in [6, 6.07) is 13.9. The van der Waals surface area contributed by atoms with Crippen LogP contribution in [0.4, 0.5) is 14.5 Å². The van der Waals surface area contributed by atoms with E-state index in [-0.39, 0.29) is 79.1 Å². The molecule has 2 aromatic carbocycles. The molecule has 3 saturated carbocycles. The van der Waals surface area contributed by atoms with Crippen molar-refractivity contribution >= 4 is 70.4 Å². The Bertz CT molecular complexity index is 2420. The summed E-state index contributed by atoms with van der Waals surface area (Å²) in [7, 11) is 0. The average molecular weight is 996 g/mol. The lowest BCUT2D eigenvalue weighted by atomic mass is 9.44. The number of benzene rings is 2. The van der Waals surface area contributed by atoms with Gasteiger partial charge in [-0.25, -0.2) is 8.78 Å². The molecule has 69 heavy (non-hydrogen) atoms. The number of ether oxygens (including phenoxy) is 2. The van der Waals surface area contributed by atoms with Crippen molar-refractivity contribution in [2.45, 2.75) is 125 Å². The van der Waals surface area contributed by atoms with E-state index in [2.05, 4.69) is 16.0 Å². The first kappa shape index (κ1) is 53.5. The molecule has 19 heteroatoms. The van der Waals surface area contributed by atoms with Crippen molar-refractivity contribution in [1.82, 2.24) is 10.6 Å². The predicted octanol–water partition coefficient (Wildman–Crippen LogP) is 5.33. The van der Waals surface area contributed by atoms with Crippen LogP contribution in [0, 0.1) is 28.6 Å². The summed E-state index contributed by atoms with van der Waals surface area (Å²) in [4.78, 5) is 93.5. The molecule has 7 rings (SSSR count). The molecule has 5 N–H and O–H groups in total. The Labute approximate surface area is 407 Å². The number of aliphatic hydroxyl groups excluding tert-OH is 2. The third-order valence-corrected chi connectivity index (χ3v) is 16.9. The number of aliphatic hydroxyl groups is 2. The molecule has 372 valence electrons. The summed E-state index contributed by atoms with van der Waals surface area (Å²) in [5, 5.41) is 30.1. The first-order valence-electron chi connectivity index (χ1n) is 22.8. The van der Waals surface area contributed by atoms with Crippen LogP contribution in [0.1, 0.15) is 84.1 Å². The molecule has 4 aliphatic carbocycles. The maximum absolute atomic E-state index is 17.7. The van der Waals surface area contributed by atoms with Crippen LogP contribution in [0.15, 0.2) is 77.2 Å². The van der Waals surface area contributed by atoms with E-state index in [9.17, 15) is 39.0 Å². The summed E-state index contributed by atoms with van der Waals surface area (Å²) in [6.45, 7) is 7.52. The van der Waals surface area contributed by atoms with Gasteiger partial charge >= 0.3 is 6.15 Å². The van der Waals surface area contributed by atoms with Crippen LogP contribution in [0.2, 0.25) is 0 Å². The normalized spacial score (nSPS) is 31.9. The lowest BCUT2D eigenvalue weighted by Gasteiger charge is -2.63. The zero-order valence-corrected chi connectivity index (χ0v) is 40.9. The van der Waals surface area contributed by atoms with E-state index in [0.717, 1.165) is 16.5 Å². The van der Waals surface area contributed by atoms with E-state index in [4.69, 9.17) is 19.1 Å². The highest BCUT2D eigenvalue weighted by Gasteiger charge is 2.80. The minimum Gasteiger partial charge on any atom is -0.390 e. The number of amides is 3. The highest BCUT2D eigenvalue weighted by molar-refractivity contribution is 7.99.